The predicted molar refractivity (Wildman–Crippen MR) is 119 cm³/mol. The number of hydrogen-bond acceptors (Lipinski definition) is 7. The van der Waals surface area contributed by atoms with Gasteiger partial charge in [-0.2, -0.15) is 5.26 Å². The Morgan fingerprint density at radius 1 is 1.40 bits per heavy atom. The molecule has 2 rings (SSSR count). The number of anilines is 1. The Morgan fingerprint density at radius 3 is 2.57 bits per heavy atom. The van der Waals surface area contributed by atoms with Gasteiger partial charge in [0.2, 0.25) is 5.91 Å². The largest absolute Gasteiger partial charge is 0.460 e. The van der Waals surface area contributed by atoms with Crippen molar-refractivity contribution in [2.24, 2.45) is 0 Å². The van der Waals surface area contributed by atoms with Gasteiger partial charge in [-0.25, -0.2) is 4.39 Å². The molecule has 1 amide bonds. The van der Waals surface area contributed by atoms with E-state index >= 15 is 4.39 Å². The number of rotatable bonds is 6. The van der Waals surface area contributed by atoms with E-state index in [2.05, 4.69) is 12.6 Å². The molecule has 1 aliphatic heterocycles. The van der Waals surface area contributed by atoms with E-state index in [9.17, 15) is 14.9 Å². The van der Waals surface area contributed by atoms with Gasteiger partial charge in [0.15, 0.2) is 5.82 Å². The molecule has 9 heteroatoms. The Morgan fingerprint density at radius 2 is 2.03 bits per heavy atom. The van der Waals surface area contributed by atoms with Gasteiger partial charge in [-0.3, -0.25) is 19.4 Å². The third-order valence-electron chi connectivity index (χ3n) is 4.83. The molecule has 30 heavy (non-hydrogen) atoms. The summed E-state index contributed by atoms with van der Waals surface area (Å²) in [4.78, 5) is 28.5. The molecule has 0 aromatic heterocycles. The number of thioether (sulfide) groups is 1. The van der Waals surface area contributed by atoms with E-state index in [4.69, 9.17) is 4.74 Å². The average Bonchev–Trinajstić information content (AvgIpc) is 2.79. The Labute approximate surface area is 187 Å². The molecule has 1 fully saturated rings. The molecular formula is C21H28FN3O3S2. The first-order chi connectivity index (χ1) is 13.8. The summed E-state index contributed by atoms with van der Waals surface area (Å²) in [5.74, 6) is -1.21. The summed E-state index contributed by atoms with van der Waals surface area (Å²) < 4.78 is 20.5. The zero-order chi connectivity index (χ0) is 22.9. The summed E-state index contributed by atoms with van der Waals surface area (Å²) in [7, 11) is 0. The van der Waals surface area contributed by atoms with Crippen LogP contribution in [-0.4, -0.2) is 46.2 Å². The summed E-state index contributed by atoms with van der Waals surface area (Å²) >= 11 is 5.71. The number of nitrogens with zero attached hydrogens (tertiary/aromatic N) is 3. The quantitative estimate of drug-likeness (QED) is 0.396. The number of amides is 1. The number of carbonyl (C=O) groups is 2. The summed E-state index contributed by atoms with van der Waals surface area (Å²) in [6, 6.07) is 4.92. The van der Waals surface area contributed by atoms with E-state index in [1.807, 2.05) is 31.7 Å². The molecule has 1 saturated heterocycles. The molecule has 1 aromatic rings. The second-order valence-electron chi connectivity index (χ2n) is 8.56. The maximum Gasteiger partial charge on any atom is 0.306 e. The number of carbonyl (C=O) groups excluding carboxylic acids is 2. The minimum Gasteiger partial charge on any atom is -0.460 e. The minimum atomic E-state index is -0.930. The molecule has 6 nitrogen and oxygen atoms in total. The smallest absolute Gasteiger partial charge is 0.306 e. The second kappa shape index (κ2) is 9.16. The lowest BCUT2D eigenvalue weighted by atomic mass is 10.0. The highest BCUT2D eigenvalue weighted by atomic mass is 32.2. The highest BCUT2D eigenvalue weighted by molar-refractivity contribution is 7.98. The van der Waals surface area contributed by atoms with Crippen molar-refractivity contribution >= 4 is 42.0 Å². The van der Waals surface area contributed by atoms with E-state index in [0.717, 1.165) is 11.8 Å². The van der Waals surface area contributed by atoms with Crippen LogP contribution in [0.1, 0.15) is 53.0 Å². The average molecular weight is 454 g/mol. The fourth-order valence-electron chi connectivity index (χ4n) is 3.38. The number of thiol groups is 1. The van der Waals surface area contributed by atoms with E-state index < -0.39 is 22.5 Å². The van der Waals surface area contributed by atoms with Crippen LogP contribution in [0.3, 0.4) is 0 Å². The second-order valence-corrected chi connectivity index (χ2v) is 9.83. The molecule has 1 aliphatic rings. The van der Waals surface area contributed by atoms with Gasteiger partial charge in [-0.1, -0.05) is 0 Å². The van der Waals surface area contributed by atoms with Gasteiger partial charge in [0.25, 0.3) is 0 Å². The zero-order valence-corrected chi connectivity index (χ0v) is 19.9. The van der Waals surface area contributed by atoms with Gasteiger partial charge in [0, 0.05) is 13.0 Å². The van der Waals surface area contributed by atoms with Gasteiger partial charge in [0.05, 0.1) is 21.7 Å². The van der Waals surface area contributed by atoms with Crippen LogP contribution < -0.4 is 4.90 Å². The molecule has 0 saturated carbocycles. The van der Waals surface area contributed by atoms with Crippen LogP contribution in [0.5, 0.6) is 0 Å². The maximum absolute atomic E-state index is 15.1. The third kappa shape index (κ3) is 4.93. The van der Waals surface area contributed by atoms with Crippen LogP contribution in [0.15, 0.2) is 17.0 Å². The molecule has 0 bridgehead atoms. The van der Waals surface area contributed by atoms with Crippen molar-refractivity contribution in [2.45, 2.75) is 69.0 Å². The molecule has 1 heterocycles. The van der Waals surface area contributed by atoms with E-state index in [-0.39, 0.29) is 34.4 Å². The Kier molecular flexibility index (Phi) is 7.49. The van der Waals surface area contributed by atoms with Gasteiger partial charge in [0.1, 0.15) is 17.2 Å². The van der Waals surface area contributed by atoms with Crippen LogP contribution >= 0.6 is 24.4 Å². The Balaban J connectivity index is 2.23. The molecule has 1 unspecified atom stereocenters. The minimum absolute atomic E-state index is 0.0890. The van der Waals surface area contributed by atoms with Crippen LogP contribution in [-0.2, 0) is 14.3 Å². The molecule has 1 aromatic carbocycles. The lowest BCUT2D eigenvalue weighted by molar-refractivity contribution is -0.155. The number of ether oxygens (including phenoxy) is 1. The molecule has 164 valence electrons. The number of hydrogen-bond donors (Lipinski definition) is 1. The summed E-state index contributed by atoms with van der Waals surface area (Å²) in [6.07, 6.45) is 2.36. The highest BCUT2D eigenvalue weighted by Gasteiger charge is 2.51. The molecule has 0 aliphatic carbocycles. The fourth-order valence-corrected chi connectivity index (χ4v) is 4.64. The predicted octanol–water partition coefficient (Wildman–Crippen LogP) is 4.18. The van der Waals surface area contributed by atoms with Gasteiger partial charge < -0.3 is 4.74 Å². The first-order valence-electron chi connectivity index (χ1n) is 9.62. The Bertz CT molecular complexity index is 877. The maximum atomic E-state index is 15.1. The van der Waals surface area contributed by atoms with Crippen molar-refractivity contribution in [1.82, 2.24) is 4.90 Å². The third-order valence-corrected chi connectivity index (χ3v) is 6.15. The van der Waals surface area contributed by atoms with E-state index in [1.165, 1.54) is 17.0 Å². The number of nitriles is 1. The van der Waals surface area contributed by atoms with Crippen LogP contribution in [0.4, 0.5) is 10.1 Å². The van der Waals surface area contributed by atoms with E-state index in [0.29, 0.717) is 13.0 Å². The number of benzene rings is 1. The molecule has 0 N–H and O–H groups in total. The van der Waals surface area contributed by atoms with Gasteiger partial charge in [-0.15, -0.1) is 24.4 Å². The van der Waals surface area contributed by atoms with E-state index in [1.54, 1.807) is 20.1 Å². The highest BCUT2D eigenvalue weighted by Crippen LogP contribution is 2.40. The van der Waals surface area contributed by atoms with Crippen molar-refractivity contribution in [1.29, 1.82) is 5.26 Å². The lowest BCUT2D eigenvalue weighted by Gasteiger charge is -2.31. The number of halogens is 1. The Hall–Kier alpha value is -1.76. The fraction of sp³-hybridized carbons (Fsp3) is 0.571. The molecule has 0 spiro atoms. The van der Waals surface area contributed by atoms with Crippen molar-refractivity contribution in [3.8, 4) is 6.07 Å². The van der Waals surface area contributed by atoms with Crippen molar-refractivity contribution in [3.05, 3.63) is 23.5 Å². The molecule has 1 atom stereocenters. The summed E-state index contributed by atoms with van der Waals surface area (Å²) in [5, 5.41) is 9.20. The van der Waals surface area contributed by atoms with Crippen molar-refractivity contribution in [2.75, 3.05) is 17.7 Å². The van der Waals surface area contributed by atoms with Crippen molar-refractivity contribution in [3.63, 3.8) is 0 Å². The van der Waals surface area contributed by atoms with Gasteiger partial charge >= 0.3 is 5.97 Å². The standard InChI is InChI=1S/C21H28FN3O3S2/c1-20(2,3)28-15(26)8-7-11-24-19(29)25(18(27)21(24,4)5)14-10-9-13(12-23)17(30-6)16(14)22/h9-10,19,29H,7-8,11H2,1-6H3. The SMILES string of the molecule is CSc1c(C#N)ccc(N2C(=O)C(C)(C)N(CCCC(=O)OC(C)(C)C)C2S)c1F. The monoisotopic (exact) mass is 453 g/mol. The number of esters is 1. The van der Waals surface area contributed by atoms with Crippen LogP contribution in [0, 0.1) is 17.1 Å². The van der Waals surface area contributed by atoms with Gasteiger partial charge in [-0.05, 0) is 59.4 Å². The normalized spacial score (nSPS) is 19.1. The van der Waals surface area contributed by atoms with Crippen LogP contribution in [0.2, 0.25) is 0 Å². The summed E-state index contributed by atoms with van der Waals surface area (Å²) in [5.41, 5.74) is -1.88. The first-order valence-corrected chi connectivity index (χ1v) is 11.4. The molecular weight excluding hydrogens is 425 g/mol. The lowest BCUT2D eigenvalue weighted by Crippen LogP contribution is -2.45. The van der Waals surface area contributed by atoms with Crippen LogP contribution in [0.25, 0.3) is 0 Å². The topological polar surface area (TPSA) is 73.6 Å². The molecule has 0 radical (unpaired) electrons. The summed E-state index contributed by atoms with van der Waals surface area (Å²) in [6.45, 7) is 9.35. The zero-order valence-electron chi connectivity index (χ0n) is 18.2. The first kappa shape index (κ1) is 24.5. The van der Waals surface area contributed by atoms with Crippen molar-refractivity contribution < 1.29 is 18.7 Å².